The third-order valence-electron chi connectivity index (χ3n) is 12.2. The van der Waals surface area contributed by atoms with Crippen molar-refractivity contribution >= 4 is 77.8 Å². The van der Waals surface area contributed by atoms with Crippen LogP contribution in [-0.2, 0) is 67.2 Å². The van der Waals surface area contributed by atoms with Crippen molar-refractivity contribution in [2.75, 3.05) is 32.1 Å². The molecule has 28 nitrogen and oxygen atoms in total. The molecular formula is C52H73N13O15S. The molecule has 0 aliphatic carbocycles. The van der Waals surface area contributed by atoms with Crippen LogP contribution in [0.4, 0.5) is 0 Å². The zero-order chi connectivity index (χ0) is 60.0. The highest BCUT2D eigenvalue weighted by atomic mass is 32.1. The van der Waals surface area contributed by atoms with Crippen molar-refractivity contribution in [2.24, 2.45) is 27.9 Å². The minimum Gasteiger partial charge on any atom is -0.508 e. The first-order valence-corrected chi connectivity index (χ1v) is 26.3. The minimum atomic E-state index is -1.85. The molecule has 21 N–H and O–H groups in total. The molecule has 0 aliphatic heterocycles. The Balaban J connectivity index is 1.96. The number of phenolic OH excluding ortho intramolecular Hbond substituents is 1. The Hall–Kier alpha value is -8.38. The van der Waals surface area contributed by atoms with Crippen molar-refractivity contribution in [3.8, 4) is 5.75 Å². The van der Waals surface area contributed by atoms with Crippen LogP contribution in [0, 0.1) is 0 Å². The number of carboxylic acid groups (broad SMARTS) is 2. The van der Waals surface area contributed by atoms with Gasteiger partial charge >= 0.3 is 11.9 Å². The maximum Gasteiger partial charge on any atom is 0.328 e. The Bertz CT molecular complexity index is 2600. The number of aliphatic carboxylic acids is 2. The summed E-state index contributed by atoms with van der Waals surface area (Å²) in [6.45, 7) is -1.90. The minimum absolute atomic E-state index is 0.0197. The van der Waals surface area contributed by atoms with Crippen LogP contribution in [0.5, 0.6) is 5.75 Å². The van der Waals surface area contributed by atoms with E-state index >= 15 is 0 Å². The molecule has 442 valence electrons. The summed E-state index contributed by atoms with van der Waals surface area (Å²) in [7, 11) is 0. The summed E-state index contributed by atoms with van der Waals surface area (Å²) in [5.41, 5.74) is 24.3. The predicted octanol–water partition coefficient (Wildman–Crippen LogP) is -4.72. The van der Waals surface area contributed by atoms with Gasteiger partial charge < -0.3 is 91.0 Å². The molecule has 8 amide bonds. The van der Waals surface area contributed by atoms with Gasteiger partial charge in [-0.1, -0.05) is 72.8 Å². The molecule has 0 saturated carbocycles. The lowest BCUT2D eigenvalue weighted by molar-refractivity contribution is -0.143. The van der Waals surface area contributed by atoms with E-state index in [0.29, 0.717) is 17.5 Å². The van der Waals surface area contributed by atoms with Crippen LogP contribution < -0.4 is 65.5 Å². The highest BCUT2D eigenvalue weighted by Crippen LogP contribution is 2.14. The Morgan fingerprint density at radius 1 is 0.481 bits per heavy atom. The molecule has 0 aliphatic rings. The molecular weight excluding hydrogens is 1080 g/mol. The number of rotatable bonds is 36. The van der Waals surface area contributed by atoms with Gasteiger partial charge in [-0.15, -0.1) is 0 Å². The maximum absolute atomic E-state index is 14.5. The van der Waals surface area contributed by atoms with Crippen molar-refractivity contribution in [1.29, 1.82) is 0 Å². The molecule has 29 heteroatoms. The SMILES string of the molecule is NCCCC[C@H](NC(=O)[C@H](CO)NC(=O)[C@H](Cc1ccc(O)cc1)NC(=O)[C@H](CCCN=C(N)N)NC(=O)[C@H](Cc1ccccc1)NC(=O)[C@H](CC(=O)O)NC(=O)[C@H](CS)NC(=O)[C@@H](N)Cc1ccccc1)C(=O)N[C@@H](CO)C(=O)O. The van der Waals surface area contributed by atoms with Crippen LogP contribution in [0.2, 0.25) is 0 Å². The highest BCUT2D eigenvalue weighted by Gasteiger charge is 2.36. The van der Waals surface area contributed by atoms with Gasteiger partial charge in [-0.25, -0.2) is 4.79 Å². The van der Waals surface area contributed by atoms with Crippen LogP contribution in [-0.4, -0.2) is 177 Å². The number of carboxylic acids is 2. The van der Waals surface area contributed by atoms with Gasteiger partial charge in [0.25, 0.3) is 0 Å². The molecule has 0 fully saturated rings. The summed E-state index contributed by atoms with van der Waals surface area (Å²) >= 11 is 4.17. The molecule has 0 unspecified atom stereocenters. The molecule has 0 saturated heterocycles. The third kappa shape index (κ3) is 24.3. The fourth-order valence-electron chi connectivity index (χ4n) is 7.77. The number of phenols is 1. The number of aliphatic hydroxyl groups is 2. The second-order valence-corrected chi connectivity index (χ2v) is 18.9. The average Bonchev–Trinajstić information content (AvgIpc) is 3.43. The summed E-state index contributed by atoms with van der Waals surface area (Å²) in [6, 6.07) is 8.24. The van der Waals surface area contributed by atoms with Gasteiger partial charge in [-0.2, -0.15) is 12.6 Å². The topological polar surface area (TPSA) is 485 Å². The number of unbranched alkanes of at least 4 members (excludes halogenated alkanes) is 1. The van der Waals surface area contributed by atoms with Gasteiger partial charge in [0.2, 0.25) is 47.3 Å². The van der Waals surface area contributed by atoms with E-state index in [1.54, 1.807) is 60.7 Å². The van der Waals surface area contributed by atoms with E-state index in [2.05, 4.69) is 60.2 Å². The van der Waals surface area contributed by atoms with Gasteiger partial charge in [0, 0.05) is 25.1 Å². The molecule has 0 heterocycles. The van der Waals surface area contributed by atoms with E-state index in [0.717, 1.165) is 5.56 Å². The lowest BCUT2D eigenvalue weighted by Gasteiger charge is -2.28. The van der Waals surface area contributed by atoms with Crippen LogP contribution in [0.25, 0.3) is 0 Å². The Labute approximate surface area is 471 Å². The number of nitrogens with one attached hydrogen (secondary N) is 8. The third-order valence-corrected chi connectivity index (χ3v) is 12.5. The number of thiol groups is 1. The average molecular weight is 1150 g/mol. The summed E-state index contributed by atoms with van der Waals surface area (Å²) in [4.78, 5) is 138. The molecule has 0 aromatic heterocycles. The summed E-state index contributed by atoms with van der Waals surface area (Å²) < 4.78 is 0. The van der Waals surface area contributed by atoms with Gasteiger partial charge in [-0.3, -0.25) is 48.1 Å². The number of nitrogens with two attached hydrogens (primary N) is 4. The number of nitrogens with zero attached hydrogens (tertiary/aromatic N) is 1. The summed E-state index contributed by atoms with van der Waals surface area (Å²) in [6.07, 6.45) is -1.13. The molecule has 9 atom stereocenters. The van der Waals surface area contributed by atoms with E-state index in [4.69, 9.17) is 22.9 Å². The molecule has 0 bridgehead atoms. The number of hydrogen-bond acceptors (Lipinski definition) is 17. The molecule has 0 radical (unpaired) electrons. The monoisotopic (exact) mass is 1150 g/mol. The second kappa shape index (κ2) is 35.3. The largest absolute Gasteiger partial charge is 0.508 e. The van der Waals surface area contributed by atoms with Gasteiger partial charge in [0.15, 0.2) is 5.96 Å². The van der Waals surface area contributed by atoms with Gasteiger partial charge in [-0.05, 0) is 73.9 Å². The normalized spacial score (nSPS) is 14.2. The van der Waals surface area contributed by atoms with E-state index in [1.165, 1.54) is 24.3 Å². The van der Waals surface area contributed by atoms with E-state index in [9.17, 15) is 73.5 Å². The Morgan fingerprint density at radius 2 is 0.877 bits per heavy atom. The predicted molar refractivity (Wildman–Crippen MR) is 296 cm³/mol. The zero-order valence-electron chi connectivity index (χ0n) is 44.2. The van der Waals surface area contributed by atoms with Crippen LogP contribution >= 0.6 is 12.6 Å². The molecule has 3 rings (SSSR count). The number of carbonyl (C=O) groups excluding carboxylic acids is 8. The first-order valence-electron chi connectivity index (χ1n) is 25.7. The van der Waals surface area contributed by atoms with Crippen molar-refractivity contribution in [3.05, 3.63) is 102 Å². The first kappa shape index (κ1) is 66.9. The van der Waals surface area contributed by atoms with Gasteiger partial charge in [0.05, 0.1) is 25.7 Å². The van der Waals surface area contributed by atoms with E-state index in [1.807, 2.05) is 0 Å². The lowest BCUT2D eigenvalue weighted by atomic mass is 10.0. The number of guanidine groups is 1. The van der Waals surface area contributed by atoms with Gasteiger partial charge in [0.1, 0.15) is 54.1 Å². The van der Waals surface area contributed by atoms with Crippen LogP contribution in [0.15, 0.2) is 89.9 Å². The Kier molecular flexibility index (Phi) is 29.1. The zero-order valence-corrected chi connectivity index (χ0v) is 45.1. The second-order valence-electron chi connectivity index (χ2n) is 18.6. The van der Waals surface area contributed by atoms with Crippen molar-refractivity contribution in [3.63, 3.8) is 0 Å². The quantitative estimate of drug-likeness (QED) is 0.0113. The molecule has 0 spiro atoms. The number of hydrogen-bond donors (Lipinski definition) is 18. The van der Waals surface area contributed by atoms with Crippen molar-refractivity contribution < 1.29 is 73.5 Å². The number of carbonyl (C=O) groups is 10. The van der Waals surface area contributed by atoms with Crippen LogP contribution in [0.1, 0.15) is 55.2 Å². The fraction of sp³-hybridized carbons (Fsp3) is 0.442. The van der Waals surface area contributed by atoms with E-state index in [-0.39, 0.29) is 75.5 Å². The highest BCUT2D eigenvalue weighted by molar-refractivity contribution is 7.80. The van der Waals surface area contributed by atoms with Crippen molar-refractivity contribution in [1.82, 2.24) is 42.5 Å². The maximum atomic E-state index is 14.5. The fourth-order valence-corrected chi connectivity index (χ4v) is 8.03. The van der Waals surface area contributed by atoms with Crippen LogP contribution in [0.3, 0.4) is 0 Å². The number of aromatic hydroxyl groups is 1. The summed E-state index contributed by atoms with van der Waals surface area (Å²) in [5, 5.41) is 68.2. The number of benzene rings is 3. The lowest BCUT2D eigenvalue weighted by Crippen LogP contribution is -2.61. The molecule has 3 aromatic rings. The Morgan fingerprint density at radius 3 is 1.35 bits per heavy atom. The molecule has 81 heavy (non-hydrogen) atoms. The molecule has 3 aromatic carbocycles. The number of amides is 8. The first-order chi connectivity index (χ1) is 38.6. The smallest absolute Gasteiger partial charge is 0.328 e. The summed E-state index contributed by atoms with van der Waals surface area (Å²) in [5.74, 6) is -12.0. The standard InChI is InChI=1S/C52H73N13O15S/c53-20-8-7-14-34(45(73)64-40(27-67)51(79)80)59-49(77)39(26-66)63-47(75)37(24-31-16-18-32(68)19-17-31)60-44(72)35(15-9-21-57-52(55)56)58-46(74)36(23-30-12-5-2-6-13-30)61-48(76)38(25-42(69)70)62-50(78)41(28-81)65-43(71)33(54)22-29-10-3-1-4-11-29/h1-6,10-13,16-19,33-41,66-68,81H,7-9,14-15,20-28,53-54H2,(H,58,74)(H,59,77)(H,60,72)(H,61,76)(H,62,78)(H,63,75)(H,64,73)(H,65,71)(H,69,70)(H,79,80)(H4,55,56,57)/t33-,34-,35-,36-,37-,38-,39-,40-,41-/m0/s1. The van der Waals surface area contributed by atoms with E-state index < -0.39 is 133 Å². The number of aliphatic imine (C=N–C) groups is 1. The van der Waals surface area contributed by atoms with Crippen molar-refractivity contribution in [2.45, 2.75) is 112 Å². The number of aliphatic hydroxyl groups excluding tert-OH is 2.